The maximum atomic E-state index is 14.1. The molecule has 0 aromatic heterocycles. The first-order valence-corrected chi connectivity index (χ1v) is 40.3. The molecule has 5 atom stereocenters. The Bertz CT molecular complexity index is 1540. The molecule has 0 N–H and O–H groups in total. The molecule has 10 nitrogen and oxygen atoms in total. The molecule has 0 aliphatic carbocycles. The van der Waals surface area contributed by atoms with E-state index in [1.165, 1.54) is 289 Å². The molecule has 0 amide bonds. The Kier molecular flexibility index (Phi) is 65.0. The second kappa shape index (κ2) is 68.2. The zero-order chi connectivity index (χ0) is 65.1. The molecule has 0 spiro atoms. The van der Waals surface area contributed by atoms with Crippen LogP contribution in [-0.4, -0.2) is 67.8 Å². The van der Waals surface area contributed by atoms with Crippen molar-refractivity contribution < 1.29 is 47.6 Å². The highest BCUT2D eigenvalue weighted by molar-refractivity contribution is 5.72. The predicted molar refractivity (Wildman–Crippen MR) is 379 cm³/mol. The highest BCUT2D eigenvalue weighted by Gasteiger charge is 2.53. The predicted octanol–water partition coefficient (Wildman–Crippen LogP) is 25.1. The van der Waals surface area contributed by atoms with Crippen LogP contribution in [0, 0.1) is 0 Å². The third kappa shape index (κ3) is 55.1. The average molecular weight is 1270 g/mol. The molecule has 0 aromatic carbocycles. The van der Waals surface area contributed by atoms with Crippen molar-refractivity contribution in [2.24, 2.45) is 0 Å². The summed E-state index contributed by atoms with van der Waals surface area (Å²) in [5.41, 5.74) is 0. The molecule has 0 bridgehead atoms. The van der Waals surface area contributed by atoms with Gasteiger partial charge in [-0.15, -0.1) is 0 Å². The van der Waals surface area contributed by atoms with E-state index in [-0.39, 0.29) is 44.9 Å². The van der Waals surface area contributed by atoms with Gasteiger partial charge in [0.2, 0.25) is 0 Å². The van der Waals surface area contributed by atoms with Crippen molar-refractivity contribution in [1.82, 2.24) is 0 Å². The fourth-order valence-corrected chi connectivity index (χ4v) is 13.2. The standard InChI is InChI=1S/C80H152O10/c1-6-11-15-19-23-27-31-35-39-43-47-51-55-59-63-67-73(81)86-71-72-77(88-74(82)68-64-60-56-52-48-44-40-36-32-28-24-20-16-12-7-2)78(89-75(83)69-65-61-57-53-49-45-41-37-33-29-25-21-17-13-8-3)79(80(87-72)85-10-5)90-76(84)70-66-62-58-54-50-46-42-38-34-30-26-22-18-14-9-4/h72,77-80H,6-71H2,1-5H3/t72-,77+,78+,79-,80?/m1/s1. The molecule has 1 unspecified atom stereocenters. The van der Waals surface area contributed by atoms with Crippen LogP contribution in [0.1, 0.15) is 446 Å². The van der Waals surface area contributed by atoms with Gasteiger partial charge in [-0.2, -0.15) is 0 Å². The molecular weight excluding hydrogens is 1120 g/mol. The number of unbranched alkanes of at least 4 members (excludes halogenated alkanes) is 56. The van der Waals surface area contributed by atoms with Gasteiger partial charge in [-0.3, -0.25) is 19.2 Å². The lowest BCUT2D eigenvalue weighted by Gasteiger charge is -2.44. The first-order valence-electron chi connectivity index (χ1n) is 40.3. The van der Waals surface area contributed by atoms with Crippen LogP contribution in [0.15, 0.2) is 0 Å². The fourth-order valence-electron chi connectivity index (χ4n) is 13.2. The third-order valence-corrected chi connectivity index (χ3v) is 19.1. The first-order chi connectivity index (χ1) is 44.3. The molecule has 1 aliphatic heterocycles. The summed E-state index contributed by atoms with van der Waals surface area (Å²) in [6.45, 7) is 10.9. The van der Waals surface area contributed by atoms with E-state index in [9.17, 15) is 19.2 Å². The maximum Gasteiger partial charge on any atom is 0.306 e. The van der Waals surface area contributed by atoms with E-state index in [2.05, 4.69) is 27.7 Å². The van der Waals surface area contributed by atoms with Crippen molar-refractivity contribution >= 4 is 23.9 Å². The van der Waals surface area contributed by atoms with Gasteiger partial charge in [-0.25, -0.2) is 0 Å². The Balaban J connectivity index is 3.03. The molecule has 1 fully saturated rings. The minimum absolute atomic E-state index is 0.188. The van der Waals surface area contributed by atoms with E-state index in [1.807, 2.05) is 6.92 Å². The van der Waals surface area contributed by atoms with Gasteiger partial charge in [0.1, 0.15) is 12.7 Å². The summed E-state index contributed by atoms with van der Waals surface area (Å²) in [7, 11) is 0. The van der Waals surface area contributed by atoms with Crippen LogP contribution >= 0.6 is 0 Å². The number of hydrogen-bond donors (Lipinski definition) is 0. The van der Waals surface area contributed by atoms with E-state index in [0.717, 1.165) is 77.0 Å². The minimum Gasteiger partial charge on any atom is -0.463 e. The lowest BCUT2D eigenvalue weighted by Crippen LogP contribution is -2.63. The summed E-state index contributed by atoms with van der Waals surface area (Å²) in [5.74, 6) is -1.65. The second-order valence-corrected chi connectivity index (χ2v) is 27.8. The number of rotatable bonds is 71. The zero-order valence-electron chi connectivity index (χ0n) is 60.6. The normalized spacial score (nSPS) is 16.6. The van der Waals surface area contributed by atoms with Gasteiger partial charge in [0.05, 0.1) is 0 Å². The highest BCUT2D eigenvalue weighted by Crippen LogP contribution is 2.32. The topological polar surface area (TPSA) is 124 Å². The van der Waals surface area contributed by atoms with Crippen molar-refractivity contribution in [2.45, 2.75) is 476 Å². The Morgan fingerprint density at radius 1 is 0.244 bits per heavy atom. The quantitative estimate of drug-likeness (QED) is 0.0330. The Morgan fingerprint density at radius 3 is 0.678 bits per heavy atom. The Morgan fingerprint density at radius 2 is 0.444 bits per heavy atom. The second-order valence-electron chi connectivity index (χ2n) is 27.8. The van der Waals surface area contributed by atoms with E-state index < -0.39 is 48.6 Å². The molecule has 1 rings (SSSR count). The Labute approximate surface area is 558 Å². The SMILES string of the molecule is CCCCCCCCCCCCCCCCCC(=O)OC[C@H]1OC(OCC)[C@H](OC(=O)CCCCCCCCCCCCCCCCC)[C@@H](OC(=O)CCCCCCCCCCCCCCCCC)[C@H]1OC(=O)CCCCCCCCCCCCCCCCC. The van der Waals surface area contributed by atoms with Gasteiger partial charge in [0, 0.05) is 32.3 Å². The highest BCUT2D eigenvalue weighted by atomic mass is 16.7. The summed E-state index contributed by atoms with van der Waals surface area (Å²) >= 11 is 0. The maximum absolute atomic E-state index is 14.1. The smallest absolute Gasteiger partial charge is 0.306 e. The van der Waals surface area contributed by atoms with Gasteiger partial charge in [-0.05, 0) is 32.6 Å². The van der Waals surface area contributed by atoms with Gasteiger partial charge in [-0.1, -0.05) is 387 Å². The molecule has 90 heavy (non-hydrogen) atoms. The molecule has 1 heterocycles. The van der Waals surface area contributed by atoms with Crippen LogP contribution in [0.3, 0.4) is 0 Å². The van der Waals surface area contributed by atoms with E-state index in [1.54, 1.807) is 0 Å². The van der Waals surface area contributed by atoms with Crippen LogP contribution in [0.4, 0.5) is 0 Å². The Hall–Kier alpha value is -2.20. The molecular formula is C80H152O10. The molecule has 10 heteroatoms. The number of carbonyl (C=O) groups excluding carboxylic acids is 4. The number of carbonyl (C=O) groups is 4. The molecule has 1 aliphatic rings. The van der Waals surface area contributed by atoms with Gasteiger partial charge in [0.15, 0.2) is 24.6 Å². The minimum atomic E-state index is -1.21. The van der Waals surface area contributed by atoms with Crippen molar-refractivity contribution in [2.75, 3.05) is 13.2 Å². The number of ether oxygens (including phenoxy) is 6. The summed E-state index contributed by atoms with van der Waals surface area (Å²) in [6, 6.07) is 0. The molecule has 0 saturated carbocycles. The lowest BCUT2D eigenvalue weighted by molar-refractivity contribution is -0.308. The monoisotopic (exact) mass is 1270 g/mol. The van der Waals surface area contributed by atoms with Crippen LogP contribution in [-0.2, 0) is 47.6 Å². The van der Waals surface area contributed by atoms with Crippen LogP contribution in [0.5, 0.6) is 0 Å². The van der Waals surface area contributed by atoms with E-state index in [4.69, 9.17) is 28.4 Å². The van der Waals surface area contributed by atoms with Crippen LogP contribution < -0.4 is 0 Å². The van der Waals surface area contributed by atoms with Gasteiger partial charge < -0.3 is 28.4 Å². The first kappa shape index (κ1) is 85.8. The van der Waals surface area contributed by atoms with Crippen molar-refractivity contribution in [3.8, 4) is 0 Å². The lowest BCUT2D eigenvalue weighted by atomic mass is 9.97. The zero-order valence-corrected chi connectivity index (χ0v) is 60.6. The number of esters is 4. The average Bonchev–Trinajstić information content (AvgIpc) is 0.966. The molecule has 0 radical (unpaired) electrons. The molecule has 532 valence electrons. The van der Waals surface area contributed by atoms with E-state index >= 15 is 0 Å². The third-order valence-electron chi connectivity index (χ3n) is 19.1. The molecule has 0 aromatic rings. The van der Waals surface area contributed by atoms with E-state index in [0.29, 0.717) is 19.3 Å². The number of hydrogen-bond acceptors (Lipinski definition) is 10. The van der Waals surface area contributed by atoms with Crippen molar-refractivity contribution in [3.05, 3.63) is 0 Å². The largest absolute Gasteiger partial charge is 0.463 e. The van der Waals surface area contributed by atoms with Crippen LogP contribution in [0.2, 0.25) is 0 Å². The van der Waals surface area contributed by atoms with Gasteiger partial charge in [0.25, 0.3) is 0 Å². The fraction of sp³-hybridized carbons (Fsp3) is 0.950. The summed E-state index contributed by atoms with van der Waals surface area (Å²) in [4.78, 5) is 55.4. The van der Waals surface area contributed by atoms with Crippen LogP contribution in [0.25, 0.3) is 0 Å². The summed E-state index contributed by atoms with van der Waals surface area (Å²) < 4.78 is 37.6. The van der Waals surface area contributed by atoms with Crippen molar-refractivity contribution in [3.63, 3.8) is 0 Å². The van der Waals surface area contributed by atoms with Gasteiger partial charge >= 0.3 is 23.9 Å². The summed E-state index contributed by atoms with van der Waals surface area (Å²) in [6.07, 6.45) is 69.0. The van der Waals surface area contributed by atoms with Crippen molar-refractivity contribution in [1.29, 1.82) is 0 Å². The summed E-state index contributed by atoms with van der Waals surface area (Å²) in [5, 5.41) is 0. The molecule has 1 saturated heterocycles.